The Morgan fingerprint density at radius 3 is 2.67 bits per heavy atom. The zero-order valence-electron chi connectivity index (χ0n) is 15.5. The number of nitrogens with zero attached hydrogens (tertiary/aromatic N) is 1. The zero-order chi connectivity index (χ0) is 18.4. The molecule has 0 fully saturated rings. The van der Waals surface area contributed by atoms with Crippen molar-refractivity contribution in [1.82, 2.24) is 4.98 Å². The Hall–Kier alpha value is -2.60. The van der Waals surface area contributed by atoms with Crippen LogP contribution in [0.5, 0.6) is 5.75 Å². The lowest BCUT2D eigenvalue weighted by Gasteiger charge is -2.08. The van der Waals surface area contributed by atoms with Gasteiger partial charge < -0.3 is 27.1 Å². The molecule has 0 atom stereocenters. The summed E-state index contributed by atoms with van der Waals surface area (Å²) in [4.78, 5) is 20.6. The van der Waals surface area contributed by atoms with E-state index in [-0.39, 0.29) is 35.1 Å². The van der Waals surface area contributed by atoms with E-state index in [9.17, 15) is 9.90 Å². The fraction of sp³-hybridized carbons (Fsp3) is 0.238. The molecule has 0 amide bonds. The lowest BCUT2D eigenvalue weighted by molar-refractivity contribution is -0.888. The predicted octanol–water partition coefficient (Wildman–Crippen LogP) is 0.496. The van der Waals surface area contributed by atoms with Gasteiger partial charge in [0.25, 0.3) is 0 Å². The van der Waals surface area contributed by atoms with Crippen molar-refractivity contribution in [3.63, 3.8) is 0 Å². The highest BCUT2D eigenvalue weighted by atomic mass is 79.9. The molecule has 27 heavy (non-hydrogen) atoms. The zero-order valence-corrected chi connectivity index (χ0v) is 17.1. The van der Waals surface area contributed by atoms with Gasteiger partial charge in [0, 0.05) is 33.5 Å². The molecule has 0 saturated heterocycles. The van der Waals surface area contributed by atoms with Crippen LogP contribution in [0.1, 0.15) is 24.5 Å². The van der Waals surface area contributed by atoms with Gasteiger partial charge in [-0.15, -0.1) is 0 Å². The average Bonchev–Trinajstić information content (AvgIpc) is 3.03. The fourth-order valence-electron chi connectivity index (χ4n) is 3.55. The van der Waals surface area contributed by atoms with Crippen LogP contribution in [0.4, 0.5) is 0 Å². The van der Waals surface area contributed by atoms with Crippen LogP contribution >= 0.6 is 0 Å². The molecule has 0 aliphatic carbocycles. The highest BCUT2D eigenvalue weighted by Crippen LogP contribution is 2.36. The van der Waals surface area contributed by atoms with Crippen LogP contribution < -0.4 is 26.5 Å². The second-order valence-electron chi connectivity index (χ2n) is 6.65. The third-order valence-electron chi connectivity index (χ3n) is 5.04. The number of rotatable bonds is 4. The van der Waals surface area contributed by atoms with Gasteiger partial charge in [-0.1, -0.05) is 6.92 Å². The number of nitrogens with one attached hydrogen (secondary N) is 1. The Bertz CT molecular complexity index is 1180. The number of Topliss-reactive ketones (excluding diaryl/α,β-unsaturated/α-hetero) is 1. The van der Waals surface area contributed by atoms with Crippen molar-refractivity contribution >= 4 is 38.4 Å². The Kier molecular flexibility index (Phi) is 5.11. The number of aromatic nitrogens is 2. The van der Waals surface area contributed by atoms with Crippen molar-refractivity contribution in [1.29, 1.82) is 0 Å². The number of phenolic OH excluding ortho intramolecular Hbond substituents is 1. The third-order valence-corrected chi connectivity index (χ3v) is 5.04. The molecule has 2 heterocycles. The maximum Gasteiger partial charge on any atom is 0.230 e. The molecule has 2 aromatic heterocycles. The summed E-state index contributed by atoms with van der Waals surface area (Å²) in [6.45, 7) is 6.05. The predicted molar refractivity (Wildman–Crippen MR) is 101 cm³/mol. The monoisotopic (exact) mass is 428 g/mol. The Labute approximate surface area is 167 Å². The van der Waals surface area contributed by atoms with Gasteiger partial charge in [-0.25, -0.2) is 0 Å². The smallest absolute Gasteiger partial charge is 0.230 e. The topological polar surface area (TPSA) is 66.2 Å². The minimum atomic E-state index is 0. The molecule has 0 spiro atoms. The van der Waals surface area contributed by atoms with E-state index in [1.165, 1.54) is 0 Å². The van der Waals surface area contributed by atoms with Crippen LogP contribution in [0.15, 0.2) is 36.7 Å². The van der Waals surface area contributed by atoms with Crippen molar-refractivity contribution in [2.24, 2.45) is 0 Å². The summed E-state index contributed by atoms with van der Waals surface area (Å²) in [7, 11) is 0. The number of benzene rings is 2. The van der Waals surface area contributed by atoms with Crippen molar-refractivity contribution in [2.75, 3.05) is 6.61 Å². The summed E-state index contributed by atoms with van der Waals surface area (Å²) in [5.74, 6) is 0.313. The second-order valence-corrected chi connectivity index (χ2v) is 6.65. The first-order valence-corrected chi connectivity index (χ1v) is 8.73. The molecule has 2 aromatic carbocycles. The number of fused-ring (bicyclic) bond motifs is 4. The number of phenols is 1. The van der Waals surface area contributed by atoms with Gasteiger partial charge in [-0.2, -0.15) is 0 Å². The summed E-state index contributed by atoms with van der Waals surface area (Å²) in [5, 5.41) is 14.2. The number of aromatic hydroxyl groups is 1. The van der Waals surface area contributed by atoms with Crippen LogP contribution in [0.3, 0.4) is 0 Å². The van der Waals surface area contributed by atoms with Gasteiger partial charge in [-0.05, 0) is 48.6 Å². The molecule has 0 aliphatic heterocycles. The summed E-state index contributed by atoms with van der Waals surface area (Å²) in [5.41, 5.74) is 4.33. The lowest BCUT2D eigenvalue weighted by atomic mass is 9.97. The number of halogens is 1. The van der Waals surface area contributed by atoms with E-state index >= 15 is 0 Å². The number of hydrogen-bond acceptors (Lipinski definition) is 3. The first kappa shape index (κ1) is 19.2. The van der Waals surface area contributed by atoms with Crippen LogP contribution in [0.25, 0.3) is 32.6 Å². The largest absolute Gasteiger partial charge is 1.00 e. The SMILES string of the molecule is CCC(=O)CO[n+]1ccc2c(C)c3[nH]c4ccc(O)cc4c3c(C)c2c1.[Br-]. The molecule has 4 aromatic rings. The molecular formula is C21H21BrN2O3. The maximum absolute atomic E-state index is 11.5. The summed E-state index contributed by atoms with van der Waals surface area (Å²) in [6.07, 6.45) is 4.21. The molecule has 5 nitrogen and oxygen atoms in total. The Balaban J connectivity index is 0.00000210. The van der Waals surface area contributed by atoms with Gasteiger partial charge >= 0.3 is 0 Å². The van der Waals surface area contributed by atoms with Crippen LogP contribution in [-0.2, 0) is 4.79 Å². The number of carbonyl (C=O) groups excluding carboxylic acids is 1. The van der Waals surface area contributed by atoms with Gasteiger partial charge in [-0.3, -0.25) is 9.63 Å². The van der Waals surface area contributed by atoms with Gasteiger partial charge in [0.1, 0.15) is 5.75 Å². The first-order chi connectivity index (χ1) is 12.5. The second kappa shape index (κ2) is 7.19. The molecule has 6 heteroatoms. The number of aromatic amines is 1. The molecule has 0 radical (unpaired) electrons. The first-order valence-electron chi connectivity index (χ1n) is 8.73. The summed E-state index contributed by atoms with van der Waals surface area (Å²) < 4.78 is 1.60. The minimum Gasteiger partial charge on any atom is -1.00 e. The average molecular weight is 429 g/mol. The van der Waals surface area contributed by atoms with Crippen LogP contribution in [0, 0.1) is 13.8 Å². The van der Waals surface area contributed by atoms with Crippen LogP contribution in [0.2, 0.25) is 0 Å². The molecule has 0 unspecified atom stereocenters. The van der Waals surface area contributed by atoms with E-state index in [0.29, 0.717) is 6.42 Å². The third kappa shape index (κ3) is 3.14. The highest BCUT2D eigenvalue weighted by molar-refractivity contribution is 6.16. The van der Waals surface area contributed by atoms with Crippen molar-refractivity contribution in [2.45, 2.75) is 27.2 Å². The minimum absolute atomic E-state index is 0. The van der Waals surface area contributed by atoms with Gasteiger partial charge in [0.15, 0.2) is 5.78 Å². The van der Waals surface area contributed by atoms with E-state index in [2.05, 4.69) is 18.8 Å². The van der Waals surface area contributed by atoms with E-state index < -0.39 is 0 Å². The van der Waals surface area contributed by atoms with Crippen molar-refractivity contribution < 1.29 is 36.5 Å². The molecule has 2 N–H and O–H groups in total. The summed E-state index contributed by atoms with van der Waals surface area (Å²) in [6, 6.07) is 7.39. The number of H-pyrrole nitrogens is 1. The Morgan fingerprint density at radius 2 is 1.93 bits per heavy atom. The molecule has 0 bridgehead atoms. The summed E-state index contributed by atoms with van der Waals surface area (Å²) >= 11 is 0. The molecular weight excluding hydrogens is 408 g/mol. The van der Waals surface area contributed by atoms with Gasteiger partial charge in [0.05, 0.1) is 10.9 Å². The molecule has 0 saturated carbocycles. The van der Waals surface area contributed by atoms with E-state index in [4.69, 9.17) is 4.84 Å². The maximum atomic E-state index is 11.5. The fourth-order valence-corrected chi connectivity index (χ4v) is 3.55. The number of carbonyl (C=O) groups is 1. The number of ketones is 1. The lowest BCUT2D eigenvalue weighted by Crippen LogP contribution is -3.00. The van der Waals surface area contributed by atoms with E-state index in [0.717, 1.165) is 43.7 Å². The van der Waals surface area contributed by atoms with Crippen LogP contribution in [-0.4, -0.2) is 22.5 Å². The number of pyridine rings is 1. The number of aryl methyl sites for hydroxylation is 2. The number of hydrogen-bond donors (Lipinski definition) is 2. The van der Waals surface area contributed by atoms with Gasteiger partial charge in [0.2, 0.25) is 19.0 Å². The normalized spacial score (nSPS) is 11.1. The van der Waals surface area contributed by atoms with E-state index in [1.54, 1.807) is 16.9 Å². The Morgan fingerprint density at radius 1 is 1.15 bits per heavy atom. The quantitative estimate of drug-likeness (QED) is 0.465. The van der Waals surface area contributed by atoms with Crippen molar-refractivity contribution in [3.8, 4) is 5.75 Å². The molecule has 4 rings (SSSR count). The standard InChI is InChI=1S/C21H20N2O3.BrH/c1-4-14(24)11-26-23-8-7-16-13(3)21-20(12(2)18(16)10-23)17-9-15(25)5-6-19(17)22-21;/h5-10,25H,4,11H2,1-3H3;1H. The van der Waals surface area contributed by atoms with E-state index in [1.807, 2.05) is 31.5 Å². The highest BCUT2D eigenvalue weighted by Gasteiger charge is 2.17. The molecule has 140 valence electrons. The molecule has 0 aliphatic rings. The van der Waals surface area contributed by atoms with Crippen molar-refractivity contribution in [3.05, 3.63) is 47.8 Å².